The Morgan fingerprint density at radius 3 is 2.67 bits per heavy atom. The van der Waals surface area contributed by atoms with E-state index in [1.165, 1.54) is 18.6 Å². The average Bonchev–Trinajstić information content (AvgIpc) is 2.18. The van der Waals surface area contributed by atoms with Crippen LogP contribution >= 0.6 is 11.8 Å². The van der Waals surface area contributed by atoms with Crippen LogP contribution in [0.1, 0.15) is 33.6 Å². The summed E-state index contributed by atoms with van der Waals surface area (Å²) in [5.74, 6) is 2.52. The zero-order valence-electron chi connectivity index (χ0n) is 9.88. The summed E-state index contributed by atoms with van der Waals surface area (Å²) in [5.41, 5.74) is 0. The van der Waals surface area contributed by atoms with Gasteiger partial charge in [-0.05, 0) is 39.4 Å². The van der Waals surface area contributed by atoms with Gasteiger partial charge in [-0.25, -0.2) is 0 Å². The normalized spacial score (nSPS) is 23.9. The summed E-state index contributed by atoms with van der Waals surface area (Å²) in [7, 11) is 0. The standard InChI is InChI=1S/C11H22N2OS/c1-8(2)12-11(14)9(3)13-10-5-4-6-15-7-10/h8-10,13H,4-7H2,1-3H3,(H,12,14). The van der Waals surface area contributed by atoms with Gasteiger partial charge in [0.2, 0.25) is 5.91 Å². The van der Waals surface area contributed by atoms with Gasteiger partial charge in [0, 0.05) is 17.8 Å². The van der Waals surface area contributed by atoms with Crippen LogP contribution in [0, 0.1) is 0 Å². The van der Waals surface area contributed by atoms with E-state index in [0.717, 1.165) is 5.75 Å². The van der Waals surface area contributed by atoms with Crippen LogP contribution in [0.2, 0.25) is 0 Å². The van der Waals surface area contributed by atoms with Crippen molar-refractivity contribution < 1.29 is 4.79 Å². The largest absolute Gasteiger partial charge is 0.353 e. The Bertz CT molecular complexity index is 203. The number of hydrogen-bond donors (Lipinski definition) is 2. The third kappa shape index (κ3) is 4.89. The molecule has 1 rings (SSSR count). The summed E-state index contributed by atoms with van der Waals surface area (Å²) in [6.07, 6.45) is 2.47. The third-order valence-corrected chi connectivity index (χ3v) is 3.69. The molecule has 1 aliphatic rings. The van der Waals surface area contributed by atoms with Crippen LogP contribution < -0.4 is 10.6 Å². The van der Waals surface area contributed by atoms with Crippen molar-refractivity contribution in [3.8, 4) is 0 Å². The first kappa shape index (κ1) is 12.8. The van der Waals surface area contributed by atoms with Crippen LogP contribution in [-0.2, 0) is 4.79 Å². The number of amides is 1. The van der Waals surface area contributed by atoms with E-state index in [4.69, 9.17) is 0 Å². The molecular formula is C11H22N2OS. The molecule has 1 fully saturated rings. The summed E-state index contributed by atoms with van der Waals surface area (Å²) in [6, 6.07) is 0.662. The first-order valence-corrected chi connectivity index (χ1v) is 6.89. The maximum absolute atomic E-state index is 11.6. The Balaban J connectivity index is 2.26. The van der Waals surface area contributed by atoms with Gasteiger partial charge in [0.25, 0.3) is 0 Å². The van der Waals surface area contributed by atoms with Crippen molar-refractivity contribution >= 4 is 17.7 Å². The van der Waals surface area contributed by atoms with Gasteiger partial charge < -0.3 is 10.6 Å². The van der Waals surface area contributed by atoms with Gasteiger partial charge in [-0.1, -0.05) is 0 Å². The highest BCUT2D eigenvalue weighted by Gasteiger charge is 2.19. The minimum Gasteiger partial charge on any atom is -0.353 e. The number of rotatable bonds is 4. The van der Waals surface area contributed by atoms with Crippen molar-refractivity contribution in [3.63, 3.8) is 0 Å². The quantitative estimate of drug-likeness (QED) is 0.767. The summed E-state index contributed by atoms with van der Waals surface area (Å²) in [6.45, 7) is 5.92. The molecule has 15 heavy (non-hydrogen) atoms. The Kier molecular flexibility index (Phi) is 5.47. The second kappa shape index (κ2) is 6.38. The van der Waals surface area contributed by atoms with Crippen molar-refractivity contribution in [2.45, 2.75) is 51.7 Å². The zero-order valence-corrected chi connectivity index (χ0v) is 10.7. The van der Waals surface area contributed by atoms with E-state index < -0.39 is 0 Å². The van der Waals surface area contributed by atoms with E-state index in [-0.39, 0.29) is 18.0 Å². The van der Waals surface area contributed by atoms with Crippen molar-refractivity contribution in [1.29, 1.82) is 0 Å². The van der Waals surface area contributed by atoms with Crippen LogP contribution in [0.5, 0.6) is 0 Å². The second-order valence-corrected chi connectivity index (χ2v) is 5.62. The van der Waals surface area contributed by atoms with Gasteiger partial charge in [0.1, 0.15) is 0 Å². The lowest BCUT2D eigenvalue weighted by atomic mass is 10.1. The monoisotopic (exact) mass is 230 g/mol. The molecule has 0 aromatic rings. The van der Waals surface area contributed by atoms with Crippen LogP contribution in [0.25, 0.3) is 0 Å². The van der Waals surface area contributed by atoms with E-state index in [2.05, 4.69) is 10.6 Å². The lowest BCUT2D eigenvalue weighted by Crippen LogP contribution is -2.49. The molecular weight excluding hydrogens is 208 g/mol. The predicted octanol–water partition coefficient (Wildman–Crippen LogP) is 1.38. The molecule has 88 valence electrons. The average molecular weight is 230 g/mol. The molecule has 1 amide bonds. The van der Waals surface area contributed by atoms with Crippen molar-refractivity contribution in [2.24, 2.45) is 0 Å². The first-order chi connectivity index (χ1) is 7.09. The summed E-state index contributed by atoms with van der Waals surface area (Å²) < 4.78 is 0. The highest BCUT2D eigenvalue weighted by Crippen LogP contribution is 2.17. The highest BCUT2D eigenvalue weighted by atomic mass is 32.2. The molecule has 0 aromatic carbocycles. The Hall–Kier alpha value is -0.220. The fraction of sp³-hybridized carbons (Fsp3) is 0.909. The fourth-order valence-corrected chi connectivity index (χ4v) is 2.80. The first-order valence-electron chi connectivity index (χ1n) is 5.73. The van der Waals surface area contributed by atoms with E-state index in [0.29, 0.717) is 6.04 Å². The molecule has 0 aromatic heterocycles. The van der Waals surface area contributed by atoms with Crippen molar-refractivity contribution in [3.05, 3.63) is 0 Å². The van der Waals surface area contributed by atoms with Gasteiger partial charge in [0.05, 0.1) is 6.04 Å². The van der Waals surface area contributed by atoms with Crippen molar-refractivity contribution in [2.75, 3.05) is 11.5 Å². The lowest BCUT2D eigenvalue weighted by molar-refractivity contribution is -0.123. The molecule has 0 aliphatic carbocycles. The molecule has 1 heterocycles. The maximum atomic E-state index is 11.6. The number of thioether (sulfide) groups is 1. The fourth-order valence-electron chi connectivity index (χ4n) is 1.71. The van der Waals surface area contributed by atoms with Gasteiger partial charge in [-0.2, -0.15) is 11.8 Å². The van der Waals surface area contributed by atoms with E-state index in [1.807, 2.05) is 32.5 Å². The van der Waals surface area contributed by atoms with E-state index >= 15 is 0 Å². The second-order valence-electron chi connectivity index (χ2n) is 4.47. The summed E-state index contributed by atoms with van der Waals surface area (Å²) in [5, 5.41) is 6.31. The Morgan fingerprint density at radius 1 is 1.40 bits per heavy atom. The van der Waals surface area contributed by atoms with E-state index in [1.54, 1.807) is 0 Å². The Labute approximate surface area is 96.8 Å². The van der Waals surface area contributed by atoms with Gasteiger partial charge in [-0.15, -0.1) is 0 Å². The van der Waals surface area contributed by atoms with Crippen LogP contribution in [0.15, 0.2) is 0 Å². The Morgan fingerprint density at radius 2 is 2.13 bits per heavy atom. The van der Waals surface area contributed by atoms with E-state index in [9.17, 15) is 4.79 Å². The topological polar surface area (TPSA) is 41.1 Å². The number of hydrogen-bond acceptors (Lipinski definition) is 3. The predicted molar refractivity (Wildman–Crippen MR) is 66.2 cm³/mol. The minimum absolute atomic E-state index is 0.0731. The zero-order chi connectivity index (χ0) is 11.3. The van der Waals surface area contributed by atoms with Gasteiger partial charge >= 0.3 is 0 Å². The molecule has 0 spiro atoms. The molecule has 2 N–H and O–H groups in total. The lowest BCUT2D eigenvalue weighted by Gasteiger charge is -2.26. The molecule has 3 nitrogen and oxygen atoms in total. The number of carbonyl (C=O) groups is 1. The van der Waals surface area contributed by atoms with Crippen molar-refractivity contribution in [1.82, 2.24) is 10.6 Å². The van der Waals surface area contributed by atoms with Crippen LogP contribution in [-0.4, -0.2) is 35.5 Å². The smallest absolute Gasteiger partial charge is 0.237 e. The minimum atomic E-state index is -0.0731. The molecule has 0 saturated carbocycles. The summed E-state index contributed by atoms with van der Waals surface area (Å²) >= 11 is 1.98. The molecule has 1 aliphatic heterocycles. The molecule has 1 saturated heterocycles. The summed E-state index contributed by atoms with van der Waals surface area (Å²) in [4.78, 5) is 11.6. The highest BCUT2D eigenvalue weighted by molar-refractivity contribution is 7.99. The van der Waals surface area contributed by atoms with Crippen LogP contribution in [0.4, 0.5) is 0 Å². The van der Waals surface area contributed by atoms with Gasteiger partial charge in [-0.3, -0.25) is 4.79 Å². The molecule has 2 atom stereocenters. The number of carbonyl (C=O) groups excluding carboxylic acids is 1. The van der Waals surface area contributed by atoms with Crippen LogP contribution in [0.3, 0.4) is 0 Å². The molecule has 2 unspecified atom stereocenters. The maximum Gasteiger partial charge on any atom is 0.237 e. The number of nitrogens with one attached hydrogen (secondary N) is 2. The SMILES string of the molecule is CC(C)NC(=O)C(C)NC1CCCSC1. The molecule has 4 heteroatoms. The third-order valence-electron chi connectivity index (χ3n) is 2.47. The molecule has 0 radical (unpaired) electrons. The van der Waals surface area contributed by atoms with Gasteiger partial charge in [0.15, 0.2) is 0 Å². The molecule has 0 bridgehead atoms.